The van der Waals surface area contributed by atoms with Gasteiger partial charge in [0.2, 0.25) is 0 Å². The molecule has 6 nitrogen and oxygen atoms in total. The molecule has 3 fully saturated rings. The molecule has 0 bridgehead atoms. The summed E-state index contributed by atoms with van der Waals surface area (Å²) in [6.07, 6.45) is 63.1. The van der Waals surface area contributed by atoms with E-state index < -0.39 is 0 Å². The van der Waals surface area contributed by atoms with Crippen LogP contribution >= 0.6 is 0 Å². The Hall–Kier alpha value is -1.79. The number of methoxy groups -OCH3 is 1. The third-order valence-electron chi connectivity index (χ3n) is 16.0. The van der Waals surface area contributed by atoms with Gasteiger partial charge in [0, 0.05) is 39.5 Å². The molecule has 0 aromatic rings. The summed E-state index contributed by atoms with van der Waals surface area (Å²) in [6, 6.07) is 0. The Morgan fingerprint density at radius 3 is 1.53 bits per heavy atom. The van der Waals surface area contributed by atoms with Crippen LogP contribution in [0.1, 0.15) is 337 Å². The highest BCUT2D eigenvalue weighted by Crippen LogP contribution is 2.34. The first-order chi connectivity index (χ1) is 36.1. The largest absolute Gasteiger partial charge is 0.462 e. The van der Waals surface area contributed by atoms with Gasteiger partial charge in [0.05, 0.1) is 0 Å². The molecular weight excluding hydrogens is 911 g/mol. The number of carbonyl (C=O) groups is 3. The van der Waals surface area contributed by atoms with E-state index in [1.54, 1.807) is 20.1 Å². The zero-order chi connectivity index (χ0) is 54.4. The second-order valence-corrected chi connectivity index (χ2v) is 23.6. The van der Waals surface area contributed by atoms with E-state index in [0.29, 0.717) is 24.5 Å². The van der Waals surface area contributed by atoms with E-state index in [4.69, 9.17) is 9.47 Å². The molecule has 2 saturated carbocycles. The number of rotatable bonds is 43. The molecule has 0 unspecified atom stereocenters. The summed E-state index contributed by atoms with van der Waals surface area (Å²) in [5.74, 6) is 3.09. The molecule has 0 spiro atoms. The number of hydrogen-bond acceptors (Lipinski definition) is 6. The molecule has 0 radical (unpaired) electrons. The van der Waals surface area contributed by atoms with Crippen molar-refractivity contribution >= 4 is 17.5 Å². The Kier molecular flexibility index (Phi) is 54.6. The van der Waals surface area contributed by atoms with Crippen LogP contribution < -0.4 is 0 Å². The Bertz CT molecular complexity index is 1250. The summed E-state index contributed by atoms with van der Waals surface area (Å²) < 4.78 is 11.0. The molecule has 1 saturated heterocycles. The predicted octanol–water partition coefficient (Wildman–Crippen LogP) is 21.0. The van der Waals surface area contributed by atoms with Crippen LogP contribution in [0.15, 0.2) is 24.3 Å². The Labute approximate surface area is 462 Å². The van der Waals surface area contributed by atoms with Crippen molar-refractivity contribution in [3.05, 3.63) is 24.3 Å². The molecule has 1 aliphatic heterocycles. The summed E-state index contributed by atoms with van der Waals surface area (Å²) in [7, 11) is 1.75. The van der Waals surface area contributed by atoms with Crippen LogP contribution in [0.3, 0.4) is 0 Å². The average molecular weight is 1040 g/mol. The number of esters is 1. The second-order valence-electron chi connectivity index (χ2n) is 23.6. The lowest BCUT2D eigenvalue weighted by molar-refractivity contribution is -0.150. The Balaban J connectivity index is 0.00000102. The highest BCUT2D eigenvalue weighted by Gasteiger charge is 2.21. The molecule has 1 heterocycles. The smallest absolute Gasteiger partial charge is 0.306 e. The SMILES string of the molecule is C=C(C)C1CCCCCCCC1.CCC(=O)/C=C/[C@H]1CCN(CCCCCC(C)=O)C1.CCCCCCCCC(CCCCCCCC)OC(=O)CCCCCCCOC.CCCCCCCCCCCC1CC1. The fourth-order valence-electron chi connectivity index (χ4n) is 10.6. The Morgan fingerprint density at radius 2 is 1.03 bits per heavy atom. The molecule has 436 valence electrons. The normalized spacial score (nSPS) is 16.3. The standard InChI is InChI=1S/C26H52O3.C16H27NO2.C14H28.C12H22/c1-4-6-8-10-13-17-21-25(22-18-14-11-9-7-5-2)29-26(27)23-19-15-12-16-20-24-28-3;1-3-16(19)9-8-15-10-12-17(13-15)11-6-4-5-7-14(2)18;1-2-3-4-5-6-7-8-9-10-11-14-12-13-14;1-11(2)12-9-7-5-3-4-6-8-10-12/h25H,4-24H2,1-3H3;8-9,15H,3-7,10-13H2,1-2H3;14H,2-13H2,1H3;12H,1,3-10H2,2H3/b;9-8+;;/t;15-;;/m.0../s1. The quantitative estimate of drug-likeness (QED) is 0.0262. The van der Waals surface area contributed by atoms with Gasteiger partial charge < -0.3 is 19.2 Å². The summed E-state index contributed by atoms with van der Waals surface area (Å²) in [6.45, 7) is 20.8. The summed E-state index contributed by atoms with van der Waals surface area (Å²) >= 11 is 0. The van der Waals surface area contributed by atoms with Crippen LogP contribution in [-0.2, 0) is 23.9 Å². The lowest BCUT2D eigenvalue weighted by Crippen LogP contribution is -2.21. The summed E-state index contributed by atoms with van der Waals surface area (Å²) in [4.78, 5) is 36.8. The van der Waals surface area contributed by atoms with E-state index in [-0.39, 0.29) is 17.9 Å². The van der Waals surface area contributed by atoms with Crippen molar-refractivity contribution in [2.75, 3.05) is 33.4 Å². The van der Waals surface area contributed by atoms with Gasteiger partial charge in [0.25, 0.3) is 0 Å². The van der Waals surface area contributed by atoms with E-state index in [2.05, 4.69) is 45.2 Å². The zero-order valence-corrected chi connectivity index (χ0v) is 51.0. The van der Waals surface area contributed by atoms with Crippen molar-refractivity contribution < 1.29 is 23.9 Å². The number of ether oxygens (including phenoxy) is 2. The van der Waals surface area contributed by atoms with Gasteiger partial charge in [0.1, 0.15) is 11.9 Å². The van der Waals surface area contributed by atoms with Gasteiger partial charge in [0.15, 0.2) is 5.78 Å². The van der Waals surface area contributed by atoms with Crippen molar-refractivity contribution in [3.8, 4) is 0 Å². The first-order valence-electron chi connectivity index (χ1n) is 32.9. The minimum atomic E-state index is 0.0313. The maximum Gasteiger partial charge on any atom is 0.306 e. The minimum absolute atomic E-state index is 0.0313. The monoisotopic (exact) mass is 1040 g/mol. The van der Waals surface area contributed by atoms with Crippen LogP contribution in [0.4, 0.5) is 0 Å². The van der Waals surface area contributed by atoms with Crippen LogP contribution in [0.25, 0.3) is 0 Å². The highest BCUT2D eigenvalue weighted by molar-refractivity contribution is 5.89. The van der Waals surface area contributed by atoms with E-state index in [9.17, 15) is 14.4 Å². The number of hydrogen-bond donors (Lipinski definition) is 0. The van der Waals surface area contributed by atoms with Crippen molar-refractivity contribution in [1.29, 1.82) is 0 Å². The molecule has 3 aliphatic rings. The fourth-order valence-corrected chi connectivity index (χ4v) is 10.6. The molecule has 0 amide bonds. The Morgan fingerprint density at radius 1 is 0.554 bits per heavy atom. The third kappa shape index (κ3) is 52.3. The van der Waals surface area contributed by atoms with Gasteiger partial charge in [-0.2, -0.15) is 0 Å². The zero-order valence-electron chi connectivity index (χ0n) is 51.0. The number of Topliss-reactive ketones (excluding diaryl/α,β-unsaturated/α-hetero) is 1. The molecule has 1 atom stereocenters. The van der Waals surface area contributed by atoms with Crippen molar-refractivity contribution in [1.82, 2.24) is 4.90 Å². The molecule has 0 aromatic carbocycles. The fraction of sp³-hybridized carbons (Fsp3) is 0.897. The van der Waals surface area contributed by atoms with E-state index in [1.807, 2.05) is 6.92 Å². The minimum Gasteiger partial charge on any atom is -0.462 e. The van der Waals surface area contributed by atoms with Gasteiger partial charge in [-0.25, -0.2) is 0 Å². The third-order valence-corrected chi connectivity index (χ3v) is 16.0. The molecule has 6 heteroatoms. The molecule has 0 aromatic heterocycles. The number of ketones is 2. The van der Waals surface area contributed by atoms with Crippen LogP contribution in [0.5, 0.6) is 0 Å². The maximum absolute atomic E-state index is 12.3. The van der Waals surface area contributed by atoms with Gasteiger partial charge in [-0.05, 0) is 121 Å². The number of nitrogens with zero attached hydrogens (tertiary/aromatic N) is 1. The average Bonchev–Trinajstić information content (AvgIpc) is 4.08. The van der Waals surface area contributed by atoms with Gasteiger partial charge >= 0.3 is 5.97 Å². The lowest BCUT2D eigenvalue weighted by atomic mass is 9.91. The second kappa shape index (κ2) is 55.9. The highest BCUT2D eigenvalue weighted by atomic mass is 16.5. The molecule has 2 aliphatic carbocycles. The summed E-state index contributed by atoms with van der Waals surface area (Å²) in [5.41, 5.74) is 1.41. The number of likely N-dealkylation sites (tertiary alicyclic amines) is 1. The first kappa shape index (κ1) is 72.2. The molecular formula is C68H129NO5. The van der Waals surface area contributed by atoms with Gasteiger partial charge in [-0.15, -0.1) is 0 Å². The molecule has 0 N–H and O–H groups in total. The van der Waals surface area contributed by atoms with Gasteiger partial charge in [-0.1, -0.05) is 251 Å². The maximum atomic E-state index is 12.3. The van der Waals surface area contributed by atoms with Crippen molar-refractivity contribution in [2.45, 2.75) is 343 Å². The summed E-state index contributed by atoms with van der Waals surface area (Å²) in [5, 5.41) is 0. The number of unbranched alkanes of at least 4 members (excludes halogenated alkanes) is 24. The van der Waals surface area contributed by atoms with Gasteiger partial charge in [-0.3, -0.25) is 9.59 Å². The van der Waals surface area contributed by atoms with Crippen LogP contribution in [0.2, 0.25) is 0 Å². The van der Waals surface area contributed by atoms with E-state index in [1.165, 1.54) is 237 Å². The van der Waals surface area contributed by atoms with Crippen LogP contribution in [-0.4, -0.2) is 61.9 Å². The van der Waals surface area contributed by atoms with Crippen LogP contribution in [0, 0.1) is 17.8 Å². The van der Waals surface area contributed by atoms with E-state index >= 15 is 0 Å². The number of carbonyl (C=O) groups excluding carboxylic acids is 3. The lowest BCUT2D eigenvalue weighted by Gasteiger charge is -2.18. The van der Waals surface area contributed by atoms with E-state index in [0.717, 1.165) is 89.4 Å². The topological polar surface area (TPSA) is 72.9 Å². The molecule has 74 heavy (non-hydrogen) atoms. The number of allylic oxidation sites excluding steroid dienone is 2. The van der Waals surface area contributed by atoms with Crippen molar-refractivity contribution in [3.63, 3.8) is 0 Å². The molecule has 3 rings (SSSR count). The van der Waals surface area contributed by atoms with Crippen molar-refractivity contribution in [2.24, 2.45) is 17.8 Å². The first-order valence-corrected chi connectivity index (χ1v) is 32.9. The predicted molar refractivity (Wildman–Crippen MR) is 323 cm³/mol.